The first-order chi connectivity index (χ1) is 12.4. The number of anilines is 2. The molecule has 138 valence electrons. The van der Waals surface area contributed by atoms with E-state index in [1.54, 1.807) is 19.1 Å². The Balaban J connectivity index is 2.24. The van der Waals surface area contributed by atoms with E-state index in [2.05, 4.69) is 25.2 Å². The number of nitrogens with one attached hydrogen (secondary N) is 1. The van der Waals surface area contributed by atoms with E-state index in [9.17, 15) is 4.79 Å². The van der Waals surface area contributed by atoms with Crippen LogP contribution in [-0.2, 0) is 9.47 Å². The average molecular weight is 354 g/mol. The van der Waals surface area contributed by atoms with E-state index in [1.807, 2.05) is 49.4 Å². The van der Waals surface area contributed by atoms with Gasteiger partial charge in [-0.2, -0.15) is 0 Å². The summed E-state index contributed by atoms with van der Waals surface area (Å²) in [4.78, 5) is 15.3. The Kier molecular flexibility index (Phi) is 5.03. The second kappa shape index (κ2) is 7.09. The van der Waals surface area contributed by atoms with Gasteiger partial charge in [0.15, 0.2) is 12.0 Å². The van der Waals surface area contributed by atoms with Crippen LogP contribution in [0.1, 0.15) is 42.6 Å². The van der Waals surface area contributed by atoms with Crippen LogP contribution in [0, 0.1) is 0 Å². The quantitative estimate of drug-likeness (QED) is 0.817. The molecule has 1 unspecified atom stereocenters. The van der Waals surface area contributed by atoms with Gasteiger partial charge in [-0.25, -0.2) is 0 Å². The summed E-state index contributed by atoms with van der Waals surface area (Å²) in [5, 5.41) is 3.48. The number of rotatable bonds is 5. The number of para-hydroxylation sites is 2. The molecule has 1 aliphatic rings. The highest BCUT2D eigenvalue weighted by molar-refractivity contribution is 6.13. The highest BCUT2D eigenvalue weighted by Crippen LogP contribution is 2.40. The van der Waals surface area contributed by atoms with Crippen molar-refractivity contribution in [2.24, 2.45) is 0 Å². The van der Waals surface area contributed by atoms with Crippen molar-refractivity contribution in [2.75, 3.05) is 24.4 Å². The number of carbonyl (C=O) groups excluding carboxylic acids is 1. The van der Waals surface area contributed by atoms with Gasteiger partial charge in [-0.3, -0.25) is 9.69 Å². The molecule has 0 fully saturated rings. The summed E-state index contributed by atoms with van der Waals surface area (Å²) < 4.78 is 11.2. The third-order valence-electron chi connectivity index (χ3n) is 4.90. The van der Waals surface area contributed by atoms with E-state index in [0.29, 0.717) is 5.56 Å². The summed E-state index contributed by atoms with van der Waals surface area (Å²) in [7, 11) is 3.16. The lowest BCUT2D eigenvalue weighted by Crippen LogP contribution is -2.66. The number of nitrogens with zero attached hydrogens (tertiary/aromatic N) is 1. The predicted octanol–water partition coefficient (Wildman–Crippen LogP) is 4.22. The molecule has 0 aliphatic carbocycles. The fourth-order valence-electron chi connectivity index (χ4n) is 3.70. The largest absolute Gasteiger partial charge is 0.358 e. The maximum Gasteiger partial charge on any atom is 0.262 e. The zero-order chi connectivity index (χ0) is 18.9. The van der Waals surface area contributed by atoms with Crippen LogP contribution >= 0.6 is 0 Å². The highest BCUT2D eigenvalue weighted by atomic mass is 16.7. The minimum Gasteiger partial charge on any atom is -0.358 e. The number of methoxy groups -OCH3 is 2. The normalized spacial score (nSPS) is 19.7. The van der Waals surface area contributed by atoms with Crippen molar-refractivity contribution in [3.05, 3.63) is 59.7 Å². The van der Waals surface area contributed by atoms with Gasteiger partial charge in [-0.1, -0.05) is 44.2 Å². The van der Waals surface area contributed by atoms with Crippen molar-refractivity contribution in [1.29, 1.82) is 0 Å². The van der Waals surface area contributed by atoms with Crippen molar-refractivity contribution >= 4 is 17.3 Å². The smallest absolute Gasteiger partial charge is 0.262 e. The molecular formula is C21H26N2O3. The standard InChI is InChI=1S/C21H26N2O3/c1-14(2)15-10-7-9-13-18(15)23-19(24)16-11-6-8-12-17(16)22-21(23,3)20(25-4)26-5/h6-14,20,22H,1-5H3. The van der Waals surface area contributed by atoms with Crippen LogP contribution in [-0.4, -0.2) is 32.1 Å². The van der Waals surface area contributed by atoms with E-state index in [4.69, 9.17) is 9.47 Å². The van der Waals surface area contributed by atoms with Gasteiger partial charge in [0.25, 0.3) is 5.91 Å². The van der Waals surface area contributed by atoms with Gasteiger partial charge in [0.1, 0.15) is 0 Å². The summed E-state index contributed by atoms with van der Waals surface area (Å²) in [6.07, 6.45) is -0.653. The SMILES string of the molecule is COC(OC)C1(C)Nc2ccccc2C(=O)N1c1ccccc1C(C)C. The minimum atomic E-state index is -0.903. The molecule has 1 aliphatic heterocycles. The molecule has 0 aromatic heterocycles. The van der Waals surface area contributed by atoms with Gasteiger partial charge in [-0.15, -0.1) is 0 Å². The Bertz CT molecular complexity index is 801. The summed E-state index contributed by atoms with van der Waals surface area (Å²) in [6.45, 7) is 6.17. The Morgan fingerprint density at radius 3 is 2.27 bits per heavy atom. The number of hydrogen-bond acceptors (Lipinski definition) is 4. The predicted molar refractivity (Wildman–Crippen MR) is 104 cm³/mol. The van der Waals surface area contributed by atoms with Crippen molar-refractivity contribution in [3.8, 4) is 0 Å². The maximum absolute atomic E-state index is 13.5. The molecule has 2 aromatic rings. The Morgan fingerprint density at radius 1 is 1.00 bits per heavy atom. The third-order valence-corrected chi connectivity index (χ3v) is 4.90. The summed E-state index contributed by atoms with van der Waals surface area (Å²) >= 11 is 0. The molecule has 3 rings (SSSR count). The van der Waals surface area contributed by atoms with Crippen LogP contribution in [0.2, 0.25) is 0 Å². The number of ether oxygens (including phenoxy) is 2. The molecule has 0 saturated heterocycles. The summed E-state index contributed by atoms with van der Waals surface area (Å²) in [6, 6.07) is 15.5. The number of amides is 1. The van der Waals surface area contributed by atoms with Crippen molar-refractivity contribution in [2.45, 2.75) is 38.6 Å². The molecular weight excluding hydrogens is 328 g/mol. The lowest BCUT2D eigenvalue weighted by atomic mass is 9.94. The Labute approximate surface area is 154 Å². The highest BCUT2D eigenvalue weighted by Gasteiger charge is 2.49. The van der Waals surface area contributed by atoms with Crippen LogP contribution < -0.4 is 10.2 Å². The van der Waals surface area contributed by atoms with Gasteiger partial charge in [-0.05, 0) is 36.6 Å². The lowest BCUT2D eigenvalue weighted by Gasteiger charge is -2.49. The summed E-state index contributed by atoms with van der Waals surface area (Å²) in [5.41, 5.74) is 2.46. The first-order valence-electron chi connectivity index (χ1n) is 8.80. The molecule has 1 atom stereocenters. The molecule has 1 amide bonds. The fourth-order valence-corrected chi connectivity index (χ4v) is 3.70. The molecule has 0 saturated carbocycles. The second-order valence-corrected chi connectivity index (χ2v) is 6.98. The maximum atomic E-state index is 13.5. The second-order valence-electron chi connectivity index (χ2n) is 6.98. The molecule has 5 heteroatoms. The van der Waals surface area contributed by atoms with Gasteiger partial charge in [0.2, 0.25) is 0 Å². The molecule has 0 spiro atoms. The third kappa shape index (κ3) is 2.87. The number of carbonyl (C=O) groups is 1. The Hall–Kier alpha value is -2.37. The molecule has 26 heavy (non-hydrogen) atoms. The monoisotopic (exact) mass is 354 g/mol. The van der Waals surface area contributed by atoms with Crippen LogP contribution in [0.5, 0.6) is 0 Å². The first kappa shape index (κ1) is 18.4. The average Bonchev–Trinajstić information content (AvgIpc) is 2.63. The number of benzene rings is 2. The van der Waals surface area contributed by atoms with Crippen molar-refractivity contribution in [1.82, 2.24) is 0 Å². The van der Waals surface area contributed by atoms with Gasteiger partial charge >= 0.3 is 0 Å². The number of hydrogen-bond donors (Lipinski definition) is 1. The van der Waals surface area contributed by atoms with Crippen molar-refractivity contribution < 1.29 is 14.3 Å². The molecule has 0 bridgehead atoms. The zero-order valence-corrected chi connectivity index (χ0v) is 15.9. The molecule has 2 aromatic carbocycles. The topological polar surface area (TPSA) is 50.8 Å². The van der Waals surface area contributed by atoms with Crippen LogP contribution in [0.15, 0.2) is 48.5 Å². The van der Waals surface area contributed by atoms with Crippen LogP contribution in [0.4, 0.5) is 11.4 Å². The van der Waals surface area contributed by atoms with Gasteiger partial charge in [0, 0.05) is 19.9 Å². The number of fused-ring (bicyclic) bond motifs is 1. The summed E-state index contributed by atoms with van der Waals surface area (Å²) in [5.74, 6) is 0.193. The molecule has 5 nitrogen and oxygen atoms in total. The van der Waals surface area contributed by atoms with E-state index < -0.39 is 12.0 Å². The van der Waals surface area contributed by atoms with Crippen LogP contribution in [0.25, 0.3) is 0 Å². The van der Waals surface area contributed by atoms with E-state index in [-0.39, 0.29) is 11.8 Å². The first-order valence-corrected chi connectivity index (χ1v) is 8.80. The van der Waals surface area contributed by atoms with Gasteiger partial charge in [0.05, 0.1) is 11.3 Å². The lowest BCUT2D eigenvalue weighted by molar-refractivity contribution is -0.135. The fraction of sp³-hybridized carbons (Fsp3) is 0.381. The Morgan fingerprint density at radius 2 is 1.62 bits per heavy atom. The van der Waals surface area contributed by atoms with Crippen LogP contribution in [0.3, 0.4) is 0 Å². The van der Waals surface area contributed by atoms with E-state index >= 15 is 0 Å². The van der Waals surface area contributed by atoms with E-state index in [1.165, 1.54) is 0 Å². The van der Waals surface area contributed by atoms with Gasteiger partial charge < -0.3 is 14.8 Å². The minimum absolute atomic E-state index is 0.0750. The molecule has 1 heterocycles. The molecule has 1 N–H and O–H groups in total. The zero-order valence-electron chi connectivity index (χ0n) is 15.9. The van der Waals surface area contributed by atoms with Crippen molar-refractivity contribution in [3.63, 3.8) is 0 Å². The van der Waals surface area contributed by atoms with E-state index in [0.717, 1.165) is 16.9 Å². The molecule has 0 radical (unpaired) electrons.